The smallest absolute Gasteiger partial charge is 0.383 e. The van der Waals surface area contributed by atoms with E-state index in [0.29, 0.717) is 17.5 Å². The molecule has 194 valence electrons. The van der Waals surface area contributed by atoms with Crippen molar-refractivity contribution in [3.63, 3.8) is 0 Å². The van der Waals surface area contributed by atoms with Crippen LogP contribution in [0.1, 0.15) is 58.9 Å². The predicted molar refractivity (Wildman–Crippen MR) is 119 cm³/mol. The monoisotopic (exact) mass is 514 g/mol. The van der Waals surface area contributed by atoms with Crippen molar-refractivity contribution >= 4 is 11.7 Å². The summed E-state index contributed by atoms with van der Waals surface area (Å²) in [5.41, 5.74) is 3.73. The lowest BCUT2D eigenvalue weighted by Gasteiger charge is -2.21. The van der Waals surface area contributed by atoms with Crippen LogP contribution in [0, 0.1) is 12.8 Å². The second kappa shape index (κ2) is 10.2. The lowest BCUT2D eigenvalue weighted by atomic mass is 9.89. The summed E-state index contributed by atoms with van der Waals surface area (Å²) >= 11 is 0. The van der Waals surface area contributed by atoms with E-state index in [1.165, 1.54) is 18.3 Å². The van der Waals surface area contributed by atoms with Crippen molar-refractivity contribution in [2.45, 2.75) is 45.5 Å². The fraction of sp³-hybridized carbons (Fsp3) is 0.391. The Hall–Kier alpha value is -3.64. The molecule has 0 saturated heterocycles. The van der Waals surface area contributed by atoms with Crippen molar-refractivity contribution < 1.29 is 31.1 Å². The van der Waals surface area contributed by atoms with Gasteiger partial charge in [0.15, 0.2) is 5.69 Å². The molecule has 0 aliphatic rings. The van der Waals surface area contributed by atoms with Crippen molar-refractivity contribution in [1.29, 1.82) is 0 Å². The summed E-state index contributed by atoms with van der Waals surface area (Å²) < 4.78 is 80.3. The highest BCUT2D eigenvalue weighted by Crippen LogP contribution is 2.33. The Morgan fingerprint density at radius 1 is 1.08 bits per heavy atom. The number of nitrogens with two attached hydrogens (primary N) is 1. The van der Waals surface area contributed by atoms with Crippen molar-refractivity contribution in [1.82, 2.24) is 25.1 Å². The second-order valence-electron chi connectivity index (χ2n) is 8.73. The van der Waals surface area contributed by atoms with E-state index < -0.39 is 41.0 Å². The summed E-state index contributed by atoms with van der Waals surface area (Å²) in [4.78, 5) is 20.6. The van der Waals surface area contributed by atoms with Gasteiger partial charge in [0.1, 0.15) is 5.82 Å². The van der Waals surface area contributed by atoms with Crippen LogP contribution < -0.4 is 11.1 Å². The molecule has 7 nitrogen and oxygen atoms in total. The van der Waals surface area contributed by atoms with Gasteiger partial charge < -0.3 is 11.1 Å². The molecule has 1 aromatic carbocycles. The van der Waals surface area contributed by atoms with Gasteiger partial charge in [-0.15, -0.1) is 0 Å². The Morgan fingerprint density at radius 3 is 2.25 bits per heavy atom. The molecule has 36 heavy (non-hydrogen) atoms. The molecule has 3 rings (SSSR count). The normalized spacial score (nSPS) is 13.2. The van der Waals surface area contributed by atoms with Crippen molar-refractivity contribution in [2.75, 3.05) is 12.3 Å². The summed E-state index contributed by atoms with van der Waals surface area (Å²) in [5.74, 6) is -1.57. The zero-order valence-electron chi connectivity index (χ0n) is 19.6. The SMILES string of the molecule is Cc1cnc(-n2cc(C(=O)NCC(CC(C)C)c3ccc(C(F)(F)F)cc3)c(C(F)(F)F)n2)nc1N. The number of carbonyl (C=O) groups excluding carboxylic acids is 1. The van der Waals surface area contributed by atoms with Gasteiger partial charge in [-0.2, -0.15) is 36.4 Å². The first-order valence-corrected chi connectivity index (χ1v) is 10.9. The van der Waals surface area contributed by atoms with E-state index in [1.807, 2.05) is 13.8 Å². The molecule has 3 aromatic rings. The Bertz CT molecular complexity index is 1220. The molecule has 0 aliphatic carbocycles. The van der Waals surface area contributed by atoms with Crippen LogP contribution in [0.15, 0.2) is 36.7 Å². The number of nitrogens with zero attached hydrogens (tertiary/aromatic N) is 4. The molecule has 0 bridgehead atoms. The third kappa shape index (κ3) is 6.32. The van der Waals surface area contributed by atoms with E-state index in [-0.39, 0.29) is 24.2 Å². The van der Waals surface area contributed by atoms with Crippen LogP contribution in [0.5, 0.6) is 0 Å². The highest BCUT2D eigenvalue weighted by molar-refractivity contribution is 5.95. The molecule has 0 spiro atoms. The van der Waals surface area contributed by atoms with Crippen LogP contribution in [-0.4, -0.2) is 32.2 Å². The van der Waals surface area contributed by atoms with Crippen LogP contribution in [-0.2, 0) is 12.4 Å². The first-order valence-electron chi connectivity index (χ1n) is 10.9. The van der Waals surface area contributed by atoms with Gasteiger partial charge in [-0.1, -0.05) is 26.0 Å². The maximum Gasteiger partial charge on any atom is 0.435 e. The van der Waals surface area contributed by atoms with Crippen LogP contribution in [0.4, 0.5) is 32.2 Å². The molecule has 0 fully saturated rings. The third-order valence-corrected chi connectivity index (χ3v) is 5.40. The van der Waals surface area contributed by atoms with Gasteiger partial charge in [0.2, 0.25) is 0 Å². The van der Waals surface area contributed by atoms with Gasteiger partial charge in [0.25, 0.3) is 11.9 Å². The van der Waals surface area contributed by atoms with Crippen molar-refractivity contribution in [2.24, 2.45) is 5.92 Å². The number of nitrogen functional groups attached to an aromatic ring is 1. The summed E-state index contributed by atoms with van der Waals surface area (Å²) in [5, 5.41) is 5.92. The number of carbonyl (C=O) groups is 1. The van der Waals surface area contributed by atoms with Crippen LogP contribution >= 0.6 is 0 Å². The van der Waals surface area contributed by atoms with E-state index in [2.05, 4.69) is 20.4 Å². The number of hydrogen-bond donors (Lipinski definition) is 2. The predicted octanol–water partition coefficient (Wildman–Crippen LogP) is 5.15. The van der Waals surface area contributed by atoms with Gasteiger partial charge in [-0.3, -0.25) is 4.79 Å². The molecule has 0 radical (unpaired) electrons. The topological polar surface area (TPSA) is 98.7 Å². The number of halogens is 6. The zero-order chi connectivity index (χ0) is 26.8. The van der Waals surface area contributed by atoms with Crippen LogP contribution in [0.2, 0.25) is 0 Å². The van der Waals surface area contributed by atoms with E-state index >= 15 is 0 Å². The lowest BCUT2D eigenvalue weighted by molar-refractivity contribution is -0.141. The van der Waals surface area contributed by atoms with Gasteiger partial charge in [-0.25, -0.2) is 9.67 Å². The molecule has 1 unspecified atom stereocenters. The summed E-state index contributed by atoms with van der Waals surface area (Å²) in [6, 6.07) is 4.48. The minimum atomic E-state index is -4.95. The number of benzene rings is 1. The van der Waals surface area contributed by atoms with Gasteiger partial charge in [-0.05, 0) is 37.0 Å². The van der Waals surface area contributed by atoms with E-state index in [9.17, 15) is 31.1 Å². The number of nitrogens with one attached hydrogen (secondary N) is 1. The average molecular weight is 514 g/mol. The molecule has 0 aliphatic heterocycles. The van der Waals surface area contributed by atoms with Crippen LogP contribution in [0.3, 0.4) is 0 Å². The second-order valence-corrected chi connectivity index (χ2v) is 8.73. The number of amides is 1. The van der Waals surface area contributed by atoms with Crippen molar-refractivity contribution in [3.8, 4) is 5.95 Å². The maximum absolute atomic E-state index is 13.6. The third-order valence-electron chi connectivity index (χ3n) is 5.40. The molecule has 1 amide bonds. The molecular weight excluding hydrogens is 490 g/mol. The Balaban J connectivity index is 1.86. The highest BCUT2D eigenvalue weighted by atomic mass is 19.4. The highest BCUT2D eigenvalue weighted by Gasteiger charge is 2.40. The first kappa shape index (κ1) is 27.0. The summed E-state index contributed by atoms with van der Waals surface area (Å²) in [6.07, 6.45) is -6.79. The van der Waals surface area contributed by atoms with Crippen molar-refractivity contribution in [3.05, 3.63) is 64.6 Å². The van der Waals surface area contributed by atoms with E-state index in [0.717, 1.165) is 23.0 Å². The van der Waals surface area contributed by atoms with E-state index in [4.69, 9.17) is 5.73 Å². The molecule has 3 N–H and O–H groups in total. The molecular formula is C23H24F6N6O. The first-order chi connectivity index (χ1) is 16.7. The van der Waals surface area contributed by atoms with Crippen LogP contribution in [0.25, 0.3) is 5.95 Å². The number of aryl methyl sites for hydroxylation is 1. The fourth-order valence-electron chi connectivity index (χ4n) is 3.57. The van der Waals surface area contributed by atoms with Gasteiger partial charge in [0.05, 0.1) is 11.1 Å². The molecule has 2 aromatic heterocycles. The largest absolute Gasteiger partial charge is 0.435 e. The minimum absolute atomic E-state index is 0.0446. The number of anilines is 1. The minimum Gasteiger partial charge on any atom is -0.383 e. The summed E-state index contributed by atoms with van der Waals surface area (Å²) in [7, 11) is 0. The Labute approximate surface area is 202 Å². The van der Waals surface area contributed by atoms with Gasteiger partial charge >= 0.3 is 12.4 Å². The quantitative estimate of drug-likeness (QED) is 0.425. The fourth-order valence-corrected chi connectivity index (χ4v) is 3.57. The summed E-state index contributed by atoms with van der Waals surface area (Å²) in [6.45, 7) is 5.29. The number of rotatable bonds is 7. The van der Waals surface area contributed by atoms with E-state index in [1.54, 1.807) is 6.92 Å². The Kier molecular flexibility index (Phi) is 7.60. The maximum atomic E-state index is 13.6. The zero-order valence-corrected chi connectivity index (χ0v) is 19.6. The lowest BCUT2D eigenvalue weighted by Crippen LogP contribution is -2.30. The molecule has 2 heterocycles. The molecule has 0 saturated carbocycles. The molecule has 1 atom stereocenters. The van der Waals surface area contributed by atoms with Gasteiger partial charge in [0, 0.05) is 30.4 Å². The number of alkyl halides is 6. The number of hydrogen-bond acceptors (Lipinski definition) is 5. The standard InChI is InChI=1S/C23H24F6N6O/c1-12(2)8-15(14-4-6-16(7-5-14)22(24,25)26)10-31-20(36)17-11-35(34-18(17)23(27,28)29)21-32-9-13(3)19(30)33-21/h4-7,9,11-12,15H,8,10H2,1-3H3,(H,31,36)(H2,30,32,33). The molecule has 13 heteroatoms. The Morgan fingerprint density at radius 2 is 1.72 bits per heavy atom. The average Bonchev–Trinajstić information content (AvgIpc) is 3.24. The number of aromatic nitrogens is 4.